The maximum Gasteiger partial charge on any atom is 0.410 e. The fraction of sp³-hybridized carbons (Fsp3) is 0.556. The normalized spacial score (nSPS) is 18.7. The second-order valence-corrected chi connectivity index (χ2v) is 10.2. The molecule has 2 aromatic rings. The second-order valence-electron chi connectivity index (χ2n) is 10.2. The van der Waals surface area contributed by atoms with Crippen LogP contribution < -0.4 is 10.6 Å². The molecule has 1 aromatic carbocycles. The zero-order valence-electron chi connectivity index (χ0n) is 22.3. The van der Waals surface area contributed by atoms with Gasteiger partial charge in [0.2, 0.25) is 5.95 Å². The molecule has 0 atom stereocenters. The zero-order valence-corrected chi connectivity index (χ0v) is 22.3. The third-order valence-corrected chi connectivity index (χ3v) is 7.57. The van der Waals surface area contributed by atoms with E-state index in [0.717, 1.165) is 55.2 Å². The Morgan fingerprint density at radius 1 is 0.947 bits per heavy atom. The van der Waals surface area contributed by atoms with Gasteiger partial charge < -0.3 is 34.8 Å². The lowest BCUT2D eigenvalue weighted by atomic mass is 9.96. The molecule has 5 rings (SSSR count). The van der Waals surface area contributed by atoms with Crippen LogP contribution in [0.2, 0.25) is 0 Å². The molecule has 2 N–H and O–H groups in total. The summed E-state index contributed by atoms with van der Waals surface area (Å²) in [5.41, 5.74) is 10.1. The van der Waals surface area contributed by atoms with Crippen LogP contribution in [-0.4, -0.2) is 102 Å². The van der Waals surface area contributed by atoms with Crippen molar-refractivity contribution in [3.8, 4) is 11.3 Å². The average Bonchev–Trinajstić information content (AvgIpc) is 2.93. The van der Waals surface area contributed by atoms with Gasteiger partial charge in [0.25, 0.3) is 0 Å². The van der Waals surface area contributed by atoms with Crippen LogP contribution in [-0.2, 0) is 22.4 Å². The van der Waals surface area contributed by atoms with Crippen LogP contribution in [0, 0.1) is 0 Å². The van der Waals surface area contributed by atoms with Gasteiger partial charge >= 0.3 is 12.2 Å². The number of likely N-dealkylation sites (N-methyl/N-ethyl adjacent to an activating group) is 1. The molecule has 2 amide bonds. The minimum Gasteiger partial charge on any atom is -0.450 e. The number of ether oxygens (including phenoxy) is 2. The maximum atomic E-state index is 13.0. The number of piperazine rings is 1. The number of carbonyl (C=O) groups excluding carboxylic acids is 2. The largest absolute Gasteiger partial charge is 0.450 e. The van der Waals surface area contributed by atoms with Gasteiger partial charge in [0, 0.05) is 76.8 Å². The Bertz CT molecular complexity index is 1160. The summed E-state index contributed by atoms with van der Waals surface area (Å²) in [6.07, 6.45) is 1.19. The zero-order chi connectivity index (χ0) is 26.6. The Balaban J connectivity index is 1.23. The molecule has 0 bridgehead atoms. The molecule has 0 aliphatic carbocycles. The number of likely N-dealkylation sites (tertiary alicyclic amines) is 1. The standard InChI is InChI=1S/C27H37N7O4/c1-3-37-26(35)33-10-7-22(8-11-33)38-27(36)34-9-6-19-4-5-20(16-21(19)18-34)23-17-24(30-25(28)29-23)32-14-12-31(2)13-15-32/h4-5,16-17,22H,3,6-15,18H2,1-2H3,(H2,28,29,30). The van der Waals surface area contributed by atoms with E-state index in [4.69, 9.17) is 15.2 Å². The SMILES string of the molecule is CCOC(=O)N1CCC(OC(=O)N2CCc3ccc(-c4cc(N5CCN(C)CC5)nc(N)n4)cc3C2)CC1. The molecule has 0 unspecified atom stereocenters. The number of anilines is 2. The molecule has 0 saturated carbocycles. The number of carbonyl (C=O) groups is 2. The lowest BCUT2D eigenvalue weighted by molar-refractivity contribution is 0.0238. The molecule has 11 heteroatoms. The lowest BCUT2D eigenvalue weighted by Crippen LogP contribution is -2.44. The van der Waals surface area contributed by atoms with Gasteiger partial charge in [-0.1, -0.05) is 12.1 Å². The van der Waals surface area contributed by atoms with Crippen molar-refractivity contribution in [2.45, 2.75) is 38.8 Å². The Labute approximate surface area is 223 Å². The summed E-state index contributed by atoms with van der Waals surface area (Å²) in [6, 6.07) is 8.29. The molecule has 0 spiro atoms. The van der Waals surface area contributed by atoms with Crippen LogP contribution in [0.25, 0.3) is 11.3 Å². The van der Waals surface area contributed by atoms with Crippen LogP contribution in [0.3, 0.4) is 0 Å². The highest BCUT2D eigenvalue weighted by molar-refractivity contribution is 5.70. The summed E-state index contributed by atoms with van der Waals surface area (Å²) >= 11 is 0. The Hall–Kier alpha value is -3.60. The number of hydrogen-bond acceptors (Lipinski definition) is 9. The van der Waals surface area contributed by atoms with Crippen LogP contribution in [0.15, 0.2) is 24.3 Å². The molecule has 204 valence electrons. The summed E-state index contributed by atoms with van der Waals surface area (Å²) in [6.45, 7) is 8.06. The molecular weight excluding hydrogens is 486 g/mol. The van der Waals surface area contributed by atoms with Crippen LogP contribution in [0.4, 0.5) is 21.4 Å². The predicted molar refractivity (Wildman–Crippen MR) is 144 cm³/mol. The van der Waals surface area contributed by atoms with Crippen molar-refractivity contribution in [1.29, 1.82) is 0 Å². The van der Waals surface area contributed by atoms with E-state index < -0.39 is 0 Å². The summed E-state index contributed by atoms with van der Waals surface area (Å²) in [7, 11) is 2.12. The van der Waals surface area contributed by atoms with E-state index in [1.165, 1.54) is 5.56 Å². The van der Waals surface area contributed by atoms with Gasteiger partial charge in [-0.15, -0.1) is 0 Å². The molecule has 3 aliphatic rings. The number of nitrogens with two attached hydrogens (primary N) is 1. The summed E-state index contributed by atoms with van der Waals surface area (Å²) < 4.78 is 10.9. The lowest BCUT2D eigenvalue weighted by Gasteiger charge is -2.34. The number of aromatic nitrogens is 2. The molecule has 3 aliphatic heterocycles. The van der Waals surface area contributed by atoms with Gasteiger partial charge in [-0.25, -0.2) is 14.6 Å². The smallest absolute Gasteiger partial charge is 0.410 e. The highest BCUT2D eigenvalue weighted by Gasteiger charge is 2.29. The van der Waals surface area contributed by atoms with E-state index in [1.54, 1.807) is 16.7 Å². The van der Waals surface area contributed by atoms with E-state index in [0.29, 0.717) is 45.6 Å². The number of nitrogen functional groups attached to an aromatic ring is 1. The second kappa shape index (κ2) is 11.4. The number of fused-ring (bicyclic) bond motifs is 1. The minimum atomic E-state index is -0.306. The predicted octanol–water partition coefficient (Wildman–Crippen LogP) is 2.59. The fourth-order valence-electron chi connectivity index (χ4n) is 5.26. The number of benzene rings is 1. The molecule has 11 nitrogen and oxygen atoms in total. The third-order valence-electron chi connectivity index (χ3n) is 7.57. The minimum absolute atomic E-state index is 0.196. The van der Waals surface area contributed by atoms with Gasteiger partial charge in [0.1, 0.15) is 11.9 Å². The monoisotopic (exact) mass is 523 g/mol. The highest BCUT2D eigenvalue weighted by Crippen LogP contribution is 2.29. The van der Waals surface area contributed by atoms with Gasteiger partial charge in [0.05, 0.1) is 12.3 Å². The van der Waals surface area contributed by atoms with Gasteiger partial charge in [-0.3, -0.25) is 0 Å². The van der Waals surface area contributed by atoms with Crippen molar-refractivity contribution < 1.29 is 19.1 Å². The topological polar surface area (TPSA) is 117 Å². The first-order valence-corrected chi connectivity index (χ1v) is 13.5. The van der Waals surface area contributed by atoms with E-state index in [1.807, 2.05) is 6.07 Å². The molecule has 38 heavy (non-hydrogen) atoms. The van der Waals surface area contributed by atoms with E-state index in [9.17, 15) is 9.59 Å². The van der Waals surface area contributed by atoms with Crippen molar-refractivity contribution >= 4 is 24.0 Å². The summed E-state index contributed by atoms with van der Waals surface area (Å²) in [5, 5.41) is 0. The number of amides is 2. The molecular formula is C27H37N7O4. The first kappa shape index (κ1) is 26.0. The summed E-state index contributed by atoms with van der Waals surface area (Å²) in [5.74, 6) is 1.10. The average molecular weight is 524 g/mol. The molecule has 1 aromatic heterocycles. The first-order chi connectivity index (χ1) is 18.4. The van der Waals surface area contributed by atoms with E-state index >= 15 is 0 Å². The molecule has 4 heterocycles. The quantitative estimate of drug-likeness (QED) is 0.645. The van der Waals surface area contributed by atoms with Crippen LogP contribution >= 0.6 is 0 Å². The molecule has 2 saturated heterocycles. The van der Waals surface area contributed by atoms with Crippen LogP contribution in [0.1, 0.15) is 30.9 Å². The van der Waals surface area contributed by atoms with Crippen molar-refractivity contribution in [2.75, 3.05) is 70.1 Å². The maximum absolute atomic E-state index is 13.0. The molecule has 2 fully saturated rings. The Kier molecular flexibility index (Phi) is 7.82. The Morgan fingerprint density at radius 3 is 2.45 bits per heavy atom. The number of hydrogen-bond donors (Lipinski definition) is 1. The van der Waals surface area contributed by atoms with Crippen LogP contribution in [0.5, 0.6) is 0 Å². The fourth-order valence-corrected chi connectivity index (χ4v) is 5.26. The Morgan fingerprint density at radius 2 is 1.71 bits per heavy atom. The van der Waals surface area contributed by atoms with Gasteiger partial charge in [-0.05, 0) is 37.6 Å². The van der Waals surface area contributed by atoms with Crippen molar-refractivity contribution in [3.05, 3.63) is 35.4 Å². The number of piperidine rings is 1. The van der Waals surface area contributed by atoms with E-state index in [2.05, 4.69) is 45.0 Å². The van der Waals surface area contributed by atoms with E-state index in [-0.39, 0.29) is 24.2 Å². The van der Waals surface area contributed by atoms with Gasteiger partial charge in [-0.2, -0.15) is 4.98 Å². The number of nitrogens with zero attached hydrogens (tertiary/aromatic N) is 6. The third kappa shape index (κ3) is 5.93. The van der Waals surface area contributed by atoms with Crippen molar-refractivity contribution in [1.82, 2.24) is 24.7 Å². The highest BCUT2D eigenvalue weighted by atomic mass is 16.6. The first-order valence-electron chi connectivity index (χ1n) is 13.5. The van der Waals surface area contributed by atoms with Crippen molar-refractivity contribution in [3.63, 3.8) is 0 Å². The van der Waals surface area contributed by atoms with Crippen molar-refractivity contribution in [2.24, 2.45) is 0 Å². The molecule has 0 radical (unpaired) electrons. The van der Waals surface area contributed by atoms with Gasteiger partial charge in [0.15, 0.2) is 0 Å². The summed E-state index contributed by atoms with van der Waals surface area (Å²) in [4.78, 5) is 41.9. The number of rotatable bonds is 4.